The van der Waals surface area contributed by atoms with Gasteiger partial charge in [-0.25, -0.2) is 4.79 Å². The number of rotatable bonds is 7. The summed E-state index contributed by atoms with van der Waals surface area (Å²) in [5, 5.41) is 23.1. The van der Waals surface area contributed by atoms with E-state index in [1.807, 2.05) is 11.9 Å². The minimum atomic E-state index is -1.17. The van der Waals surface area contributed by atoms with Crippen molar-refractivity contribution < 1.29 is 14.8 Å². The summed E-state index contributed by atoms with van der Waals surface area (Å²) in [7, 11) is 3.65. The average molecular weight is 281 g/mol. The molecule has 0 unspecified atom stereocenters. The summed E-state index contributed by atoms with van der Waals surface area (Å²) in [5.41, 5.74) is 0.817. The van der Waals surface area contributed by atoms with Crippen molar-refractivity contribution in [3.63, 3.8) is 0 Å². The van der Waals surface area contributed by atoms with Crippen LogP contribution in [0.25, 0.3) is 0 Å². The van der Waals surface area contributed by atoms with Gasteiger partial charge in [-0.3, -0.25) is 10.1 Å². The summed E-state index contributed by atoms with van der Waals surface area (Å²) in [6, 6.07) is 2.58. The van der Waals surface area contributed by atoms with Crippen LogP contribution in [-0.2, 0) is 0 Å². The lowest BCUT2D eigenvalue weighted by atomic mass is 10.1. The third-order valence-electron chi connectivity index (χ3n) is 3.13. The van der Waals surface area contributed by atoms with Gasteiger partial charge in [0, 0.05) is 25.3 Å². The lowest BCUT2D eigenvalue weighted by Gasteiger charge is -2.21. The fraction of sp³-hybridized carbons (Fsp3) is 0.462. The molecule has 0 radical (unpaired) electrons. The van der Waals surface area contributed by atoms with Gasteiger partial charge < -0.3 is 15.3 Å². The van der Waals surface area contributed by atoms with Crippen LogP contribution < -0.4 is 10.2 Å². The van der Waals surface area contributed by atoms with Crippen LogP contribution in [0.2, 0.25) is 0 Å². The van der Waals surface area contributed by atoms with Crippen molar-refractivity contribution in [3.8, 4) is 0 Å². The molecule has 0 amide bonds. The Kier molecular flexibility index (Phi) is 5.45. The van der Waals surface area contributed by atoms with Crippen molar-refractivity contribution >= 4 is 17.3 Å². The van der Waals surface area contributed by atoms with Gasteiger partial charge in [0.05, 0.1) is 16.1 Å². The largest absolute Gasteiger partial charge is 0.478 e. The molecule has 1 rings (SSSR count). The minimum absolute atomic E-state index is 0.0715. The molecule has 0 saturated heterocycles. The van der Waals surface area contributed by atoms with E-state index in [-0.39, 0.29) is 11.3 Å². The third-order valence-corrected chi connectivity index (χ3v) is 3.13. The molecule has 110 valence electrons. The van der Waals surface area contributed by atoms with Crippen molar-refractivity contribution in [2.24, 2.45) is 0 Å². The van der Waals surface area contributed by atoms with Crippen molar-refractivity contribution in [2.45, 2.75) is 13.3 Å². The number of hydrogen-bond donors (Lipinski definition) is 2. The van der Waals surface area contributed by atoms with Gasteiger partial charge in [0.1, 0.15) is 0 Å². The SMILES string of the molecule is CNCCCN(C)c1cc(C(=O)O)cc([N+](=O)[O-])c1C. The Balaban J connectivity index is 3.16. The fourth-order valence-corrected chi connectivity index (χ4v) is 2.01. The molecular weight excluding hydrogens is 262 g/mol. The lowest BCUT2D eigenvalue weighted by molar-refractivity contribution is -0.385. The number of carboxylic acids is 1. The molecule has 1 aromatic rings. The lowest BCUT2D eigenvalue weighted by Crippen LogP contribution is -2.23. The summed E-state index contributed by atoms with van der Waals surface area (Å²) >= 11 is 0. The molecule has 0 fully saturated rings. The predicted octanol–water partition coefficient (Wildman–Crippen LogP) is 1.65. The number of nitro benzene ring substituents is 1. The Bertz CT molecular complexity index is 517. The molecule has 0 saturated carbocycles. The highest BCUT2D eigenvalue weighted by atomic mass is 16.6. The van der Waals surface area contributed by atoms with Gasteiger partial charge in [0.15, 0.2) is 0 Å². The number of aromatic carboxylic acids is 1. The number of nitrogens with zero attached hydrogens (tertiary/aromatic N) is 2. The van der Waals surface area contributed by atoms with Crippen molar-refractivity contribution in [1.82, 2.24) is 5.32 Å². The van der Waals surface area contributed by atoms with E-state index in [0.717, 1.165) is 19.0 Å². The van der Waals surface area contributed by atoms with Gasteiger partial charge in [-0.05, 0) is 33.0 Å². The first-order valence-electron chi connectivity index (χ1n) is 6.26. The van der Waals surface area contributed by atoms with E-state index in [1.165, 1.54) is 6.07 Å². The van der Waals surface area contributed by atoms with E-state index in [0.29, 0.717) is 17.8 Å². The zero-order valence-corrected chi connectivity index (χ0v) is 11.8. The van der Waals surface area contributed by atoms with Crippen LogP contribution in [-0.4, -0.2) is 43.2 Å². The zero-order chi connectivity index (χ0) is 15.3. The molecule has 0 bridgehead atoms. The molecule has 0 aliphatic rings. The smallest absolute Gasteiger partial charge is 0.336 e. The Labute approximate surface area is 117 Å². The topological polar surface area (TPSA) is 95.7 Å². The Hall–Kier alpha value is -2.15. The molecule has 0 spiro atoms. The monoisotopic (exact) mass is 281 g/mol. The number of anilines is 1. The van der Waals surface area contributed by atoms with Gasteiger partial charge in [-0.1, -0.05) is 0 Å². The van der Waals surface area contributed by atoms with Crippen LogP contribution in [0.5, 0.6) is 0 Å². The second-order valence-corrected chi connectivity index (χ2v) is 4.58. The summed E-state index contributed by atoms with van der Waals surface area (Å²) in [6.45, 7) is 3.14. The second-order valence-electron chi connectivity index (χ2n) is 4.58. The normalized spacial score (nSPS) is 10.3. The molecule has 0 aliphatic heterocycles. The molecular formula is C13H19N3O4. The van der Waals surface area contributed by atoms with E-state index in [9.17, 15) is 14.9 Å². The quantitative estimate of drug-likeness (QED) is 0.448. The predicted molar refractivity (Wildman–Crippen MR) is 76.6 cm³/mol. The molecule has 7 nitrogen and oxygen atoms in total. The standard InChI is InChI=1S/C13H19N3O4/c1-9-11(15(3)6-4-5-14-2)7-10(13(17)18)8-12(9)16(19)20/h7-8,14H,4-6H2,1-3H3,(H,17,18). The van der Waals surface area contributed by atoms with E-state index < -0.39 is 10.9 Å². The number of nitro groups is 1. The number of nitrogens with one attached hydrogen (secondary N) is 1. The highest BCUT2D eigenvalue weighted by molar-refractivity contribution is 5.90. The summed E-state index contributed by atoms with van der Waals surface area (Å²) < 4.78 is 0. The Morgan fingerprint density at radius 3 is 2.65 bits per heavy atom. The first-order valence-corrected chi connectivity index (χ1v) is 6.26. The molecule has 0 aliphatic carbocycles. The van der Waals surface area contributed by atoms with Crippen molar-refractivity contribution in [1.29, 1.82) is 0 Å². The van der Waals surface area contributed by atoms with Crippen LogP contribution >= 0.6 is 0 Å². The Morgan fingerprint density at radius 1 is 1.50 bits per heavy atom. The molecule has 1 aromatic carbocycles. The zero-order valence-electron chi connectivity index (χ0n) is 11.8. The van der Waals surface area contributed by atoms with E-state index in [1.54, 1.807) is 14.0 Å². The van der Waals surface area contributed by atoms with Crippen LogP contribution in [0, 0.1) is 17.0 Å². The summed E-state index contributed by atoms with van der Waals surface area (Å²) in [6.07, 6.45) is 0.859. The Morgan fingerprint density at radius 2 is 2.15 bits per heavy atom. The number of hydrogen-bond acceptors (Lipinski definition) is 5. The van der Waals surface area contributed by atoms with E-state index in [4.69, 9.17) is 5.11 Å². The second kappa shape index (κ2) is 6.85. The molecule has 20 heavy (non-hydrogen) atoms. The maximum absolute atomic E-state index is 11.1. The van der Waals surface area contributed by atoms with Gasteiger partial charge >= 0.3 is 5.97 Å². The van der Waals surface area contributed by atoms with Crippen LogP contribution in [0.3, 0.4) is 0 Å². The van der Waals surface area contributed by atoms with Gasteiger partial charge in [-0.2, -0.15) is 0 Å². The highest BCUT2D eigenvalue weighted by Crippen LogP contribution is 2.30. The van der Waals surface area contributed by atoms with Gasteiger partial charge in [0.2, 0.25) is 0 Å². The number of benzene rings is 1. The van der Waals surface area contributed by atoms with E-state index in [2.05, 4.69) is 5.32 Å². The van der Waals surface area contributed by atoms with Crippen molar-refractivity contribution in [2.75, 3.05) is 32.1 Å². The maximum Gasteiger partial charge on any atom is 0.336 e. The third kappa shape index (κ3) is 3.67. The summed E-state index contributed by atoms with van der Waals surface area (Å²) in [4.78, 5) is 23.4. The number of carboxylic acid groups (broad SMARTS) is 1. The molecule has 0 heterocycles. The van der Waals surface area contributed by atoms with Crippen LogP contribution in [0.4, 0.5) is 11.4 Å². The molecule has 0 aromatic heterocycles. The fourth-order valence-electron chi connectivity index (χ4n) is 2.01. The van der Waals surface area contributed by atoms with Gasteiger partial charge in [-0.15, -0.1) is 0 Å². The van der Waals surface area contributed by atoms with Crippen LogP contribution in [0.15, 0.2) is 12.1 Å². The number of carbonyl (C=O) groups is 1. The molecule has 2 N–H and O–H groups in total. The first-order chi connectivity index (χ1) is 9.38. The highest BCUT2D eigenvalue weighted by Gasteiger charge is 2.20. The average Bonchev–Trinajstić information content (AvgIpc) is 2.38. The molecule has 7 heteroatoms. The maximum atomic E-state index is 11.1. The summed E-state index contributed by atoms with van der Waals surface area (Å²) in [5.74, 6) is -1.17. The van der Waals surface area contributed by atoms with E-state index >= 15 is 0 Å². The van der Waals surface area contributed by atoms with Gasteiger partial charge in [0.25, 0.3) is 5.69 Å². The first kappa shape index (κ1) is 15.9. The minimum Gasteiger partial charge on any atom is -0.478 e. The van der Waals surface area contributed by atoms with Crippen molar-refractivity contribution in [3.05, 3.63) is 33.4 Å². The van der Waals surface area contributed by atoms with Crippen LogP contribution in [0.1, 0.15) is 22.3 Å². The molecule has 0 atom stereocenters.